The number of aliphatic imine (C=N–C) groups is 2. The molecule has 0 aliphatic heterocycles. The second-order valence-corrected chi connectivity index (χ2v) is 3.87. The molecule has 7 nitrogen and oxygen atoms in total. The maximum atomic E-state index is 7.39. The first kappa shape index (κ1) is 15.1. The van der Waals surface area contributed by atoms with Crippen molar-refractivity contribution in [2.24, 2.45) is 15.7 Å². The van der Waals surface area contributed by atoms with Crippen molar-refractivity contribution in [3.8, 4) is 0 Å². The Labute approximate surface area is 116 Å². The van der Waals surface area contributed by atoms with Crippen LogP contribution in [0.25, 0.3) is 0 Å². The van der Waals surface area contributed by atoms with E-state index in [4.69, 9.17) is 22.7 Å². The highest BCUT2D eigenvalue weighted by Crippen LogP contribution is 2.08. The van der Waals surface area contributed by atoms with Gasteiger partial charge in [0, 0.05) is 13.2 Å². The van der Waals surface area contributed by atoms with E-state index in [1.807, 2.05) is 6.07 Å². The van der Waals surface area contributed by atoms with Crippen LogP contribution in [0, 0.1) is 5.41 Å². The first-order chi connectivity index (χ1) is 9.02. The van der Waals surface area contributed by atoms with Crippen LogP contribution in [-0.4, -0.2) is 29.6 Å². The molecule has 1 aromatic rings. The molecule has 0 radical (unpaired) electrons. The van der Waals surface area contributed by atoms with Crippen LogP contribution < -0.4 is 11.2 Å². The molecule has 1 rings (SSSR count). The first-order valence-electron chi connectivity index (χ1n) is 5.41. The topological polar surface area (TPSA) is 109 Å². The number of hydroxylamine groups is 1. The van der Waals surface area contributed by atoms with Crippen LogP contribution >= 0.6 is 11.6 Å². The number of nitrogens with one attached hydrogen (secondary N) is 2. The lowest BCUT2D eigenvalue weighted by Gasteiger charge is -2.03. The van der Waals surface area contributed by atoms with E-state index in [-0.39, 0.29) is 11.7 Å². The Morgan fingerprint density at radius 2 is 2.37 bits per heavy atom. The second kappa shape index (κ2) is 7.45. The molecular weight excluding hydrogens is 268 g/mol. The van der Waals surface area contributed by atoms with Gasteiger partial charge in [0.25, 0.3) is 5.90 Å². The predicted molar refractivity (Wildman–Crippen MR) is 75.6 cm³/mol. The SMILES string of the molecule is CNOC(=N)C(N)=NC(C)=NCc1ccnc(Cl)c1. The van der Waals surface area contributed by atoms with Gasteiger partial charge in [-0.15, -0.1) is 0 Å². The van der Waals surface area contributed by atoms with E-state index in [9.17, 15) is 0 Å². The number of amidine groups is 2. The van der Waals surface area contributed by atoms with Crippen LogP contribution in [0.3, 0.4) is 0 Å². The van der Waals surface area contributed by atoms with Crippen LogP contribution in [0.5, 0.6) is 0 Å². The molecule has 1 heterocycles. The van der Waals surface area contributed by atoms with Gasteiger partial charge in [0.1, 0.15) is 11.0 Å². The summed E-state index contributed by atoms with van der Waals surface area (Å²) in [6, 6.07) is 3.53. The highest BCUT2D eigenvalue weighted by molar-refractivity contribution is 6.37. The van der Waals surface area contributed by atoms with E-state index in [1.165, 1.54) is 7.05 Å². The van der Waals surface area contributed by atoms with Crippen LogP contribution in [-0.2, 0) is 11.4 Å². The van der Waals surface area contributed by atoms with Crippen molar-refractivity contribution in [3.05, 3.63) is 29.0 Å². The van der Waals surface area contributed by atoms with Gasteiger partial charge in [-0.05, 0) is 24.6 Å². The molecule has 0 spiro atoms. The third-order valence-electron chi connectivity index (χ3n) is 2.00. The number of pyridine rings is 1. The van der Waals surface area contributed by atoms with Crippen LogP contribution in [0.4, 0.5) is 0 Å². The van der Waals surface area contributed by atoms with Crippen LogP contribution in [0.2, 0.25) is 5.15 Å². The number of nitrogens with zero attached hydrogens (tertiary/aromatic N) is 3. The Morgan fingerprint density at radius 3 is 3.00 bits per heavy atom. The third kappa shape index (κ3) is 5.45. The summed E-state index contributed by atoms with van der Waals surface area (Å²) in [5.74, 6) is 0.127. The Bertz CT molecular complexity index is 514. The Kier molecular flexibility index (Phi) is 5.91. The van der Waals surface area contributed by atoms with Gasteiger partial charge in [-0.25, -0.2) is 9.98 Å². The van der Waals surface area contributed by atoms with Crippen molar-refractivity contribution >= 4 is 29.2 Å². The van der Waals surface area contributed by atoms with E-state index >= 15 is 0 Å². The summed E-state index contributed by atoms with van der Waals surface area (Å²) in [4.78, 5) is 16.7. The Morgan fingerprint density at radius 1 is 1.63 bits per heavy atom. The molecular formula is C11H15ClN6O. The Hall–Kier alpha value is -1.99. The van der Waals surface area contributed by atoms with E-state index in [2.05, 4.69) is 25.3 Å². The maximum Gasteiger partial charge on any atom is 0.273 e. The van der Waals surface area contributed by atoms with Crippen molar-refractivity contribution in [1.82, 2.24) is 10.5 Å². The number of halogens is 1. The zero-order chi connectivity index (χ0) is 14.3. The minimum Gasteiger partial charge on any atom is -0.385 e. The van der Waals surface area contributed by atoms with Crippen molar-refractivity contribution in [1.29, 1.82) is 5.41 Å². The van der Waals surface area contributed by atoms with Crippen molar-refractivity contribution < 1.29 is 4.84 Å². The number of rotatable bonds is 3. The first-order valence-corrected chi connectivity index (χ1v) is 5.79. The third-order valence-corrected chi connectivity index (χ3v) is 2.21. The minimum atomic E-state index is -0.260. The number of aromatic nitrogens is 1. The quantitative estimate of drug-likeness (QED) is 0.334. The summed E-state index contributed by atoms with van der Waals surface area (Å²) in [5, 5.41) is 7.81. The summed E-state index contributed by atoms with van der Waals surface area (Å²) in [7, 11) is 1.52. The van der Waals surface area contributed by atoms with E-state index < -0.39 is 0 Å². The van der Waals surface area contributed by atoms with Crippen molar-refractivity contribution in [3.63, 3.8) is 0 Å². The van der Waals surface area contributed by atoms with Gasteiger partial charge in [0.15, 0.2) is 5.84 Å². The minimum absolute atomic E-state index is 0.0524. The van der Waals surface area contributed by atoms with E-state index in [1.54, 1.807) is 19.2 Å². The fraction of sp³-hybridized carbons (Fsp3) is 0.273. The molecule has 8 heteroatoms. The highest BCUT2D eigenvalue weighted by Gasteiger charge is 2.03. The number of hydrogen-bond donors (Lipinski definition) is 3. The molecule has 0 bridgehead atoms. The molecule has 0 saturated heterocycles. The predicted octanol–water partition coefficient (Wildman–Crippen LogP) is 1.14. The molecule has 0 fully saturated rings. The monoisotopic (exact) mass is 282 g/mol. The molecule has 0 aliphatic carbocycles. The highest BCUT2D eigenvalue weighted by atomic mass is 35.5. The summed E-state index contributed by atoms with van der Waals surface area (Å²) < 4.78 is 0. The molecule has 0 amide bonds. The van der Waals surface area contributed by atoms with E-state index in [0.29, 0.717) is 17.5 Å². The lowest BCUT2D eigenvalue weighted by atomic mass is 10.3. The van der Waals surface area contributed by atoms with Gasteiger partial charge in [0.05, 0.1) is 6.54 Å². The summed E-state index contributed by atoms with van der Waals surface area (Å²) in [6.07, 6.45) is 1.61. The molecule has 4 N–H and O–H groups in total. The largest absolute Gasteiger partial charge is 0.385 e. The van der Waals surface area contributed by atoms with Crippen LogP contribution in [0.1, 0.15) is 12.5 Å². The molecule has 0 atom stereocenters. The Balaban J connectivity index is 2.67. The maximum absolute atomic E-state index is 7.39. The van der Waals surface area contributed by atoms with E-state index in [0.717, 1.165) is 5.56 Å². The standard InChI is InChI=1S/C11H15ClN6O/c1-7(18-10(13)11(14)19-15-2)17-6-8-3-4-16-9(12)5-8/h3-5,14-15H,6H2,1-2H3,(H2,13,17,18). The van der Waals surface area contributed by atoms with Crippen molar-refractivity contribution in [2.45, 2.75) is 13.5 Å². The van der Waals surface area contributed by atoms with Gasteiger partial charge in [-0.2, -0.15) is 5.48 Å². The average molecular weight is 283 g/mol. The van der Waals surface area contributed by atoms with Gasteiger partial charge < -0.3 is 10.6 Å². The fourth-order valence-electron chi connectivity index (χ4n) is 1.16. The van der Waals surface area contributed by atoms with Gasteiger partial charge in [0.2, 0.25) is 0 Å². The smallest absolute Gasteiger partial charge is 0.273 e. The second-order valence-electron chi connectivity index (χ2n) is 3.48. The van der Waals surface area contributed by atoms with Crippen molar-refractivity contribution in [2.75, 3.05) is 7.05 Å². The zero-order valence-electron chi connectivity index (χ0n) is 10.6. The molecule has 0 aromatic carbocycles. The van der Waals surface area contributed by atoms with Gasteiger partial charge >= 0.3 is 0 Å². The molecule has 102 valence electrons. The van der Waals surface area contributed by atoms with Crippen LogP contribution in [0.15, 0.2) is 28.3 Å². The normalized spacial score (nSPS) is 12.4. The molecule has 1 aromatic heterocycles. The molecule has 0 saturated carbocycles. The lowest BCUT2D eigenvalue weighted by Crippen LogP contribution is -2.30. The summed E-state index contributed by atoms with van der Waals surface area (Å²) in [5.41, 5.74) is 8.80. The average Bonchev–Trinajstić information content (AvgIpc) is 2.36. The van der Waals surface area contributed by atoms with Gasteiger partial charge in [-0.1, -0.05) is 11.6 Å². The zero-order valence-corrected chi connectivity index (χ0v) is 11.4. The summed E-state index contributed by atoms with van der Waals surface area (Å²) >= 11 is 5.76. The number of hydrogen-bond acceptors (Lipinski definition) is 5. The molecule has 19 heavy (non-hydrogen) atoms. The summed E-state index contributed by atoms with van der Waals surface area (Å²) in [6.45, 7) is 2.09. The van der Waals surface area contributed by atoms with Gasteiger partial charge in [-0.3, -0.25) is 10.4 Å². The lowest BCUT2D eigenvalue weighted by molar-refractivity contribution is 0.211. The molecule has 0 unspecified atom stereocenters. The fourth-order valence-corrected chi connectivity index (χ4v) is 1.36. The molecule has 0 aliphatic rings. The number of nitrogens with two attached hydrogens (primary N) is 1.